The lowest BCUT2D eigenvalue weighted by atomic mass is 10.2. The van der Waals surface area contributed by atoms with Crippen LogP contribution in [0.5, 0.6) is 5.75 Å². The van der Waals surface area contributed by atoms with Crippen LogP contribution >= 0.6 is 0 Å². The first kappa shape index (κ1) is 23.2. The fraction of sp³-hybridized carbons (Fsp3) is 0.333. The summed E-state index contributed by atoms with van der Waals surface area (Å²) < 4.78 is 15.7. The first-order valence-electron chi connectivity index (χ1n) is 11.1. The molecule has 0 unspecified atom stereocenters. The molecule has 10 nitrogen and oxygen atoms in total. The van der Waals surface area contributed by atoms with E-state index in [9.17, 15) is 9.59 Å². The number of furan rings is 1. The summed E-state index contributed by atoms with van der Waals surface area (Å²) in [6, 6.07) is 11.0. The van der Waals surface area contributed by atoms with Crippen molar-refractivity contribution in [3.8, 4) is 17.1 Å². The van der Waals surface area contributed by atoms with Gasteiger partial charge in [0.25, 0.3) is 0 Å². The number of piperazine rings is 1. The molecule has 1 aromatic carbocycles. The first-order valence-corrected chi connectivity index (χ1v) is 11.1. The summed E-state index contributed by atoms with van der Waals surface area (Å²) in [6.45, 7) is 3.48. The summed E-state index contributed by atoms with van der Waals surface area (Å²) >= 11 is 0. The van der Waals surface area contributed by atoms with Crippen molar-refractivity contribution in [1.82, 2.24) is 25.3 Å². The molecule has 3 aromatic rings. The molecule has 0 aliphatic carbocycles. The van der Waals surface area contributed by atoms with Crippen molar-refractivity contribution in [1.29, 1.82) is 0 Å². The fourth-order valence-electron chi connectivity index (χ4n) is 3.58. The van der Waals surface area contributed by atoms with Gasteiger partial charge in [0.15, 0.2) is 0 Å². The normalized spacial score (nSPS) is 14.4. The van der Waals surface area contributed by atoms with Crippen LogP contribution in [0.25, 0.3) is 17.5 Å². The molecule has 2 aromatic heterocycles. The number of amides is 2. The zero-order valence-corrected chi connectivity index (χ0v) is 19.0. The van der Waals surface area contributed by atoms with Gasteiger partial charge < -0.3 is 23.9 Å². The van der Waals surface area contributed by atoms with E-state index in [0.717, 1.165) is 11.3 Å². The van der Waals surface area contributed by atoms with E-state index >= 15 is 0 Å². The van der Waals surface area contributed by atoms with Crippen LogP contribution in [-0.2, 0) is 16.1 Å². The average molecular weight is 466 g/mol. The summed E-state index contributed by atoms with van der Waals surface area (Å²) in [4.78, 5) is 32.8. The molecule has 178 valence electrons. The third-order valence-corrected chi connectivity index (χ3v) is 5.48. The Hall–Kier alpha value is -3.92. The van der Waals surface area contributed by atoms with Gasteiger partial charge >= 0.3 is 0 Å². The number of methoxy groups -OCH3 is 1. The third-order valence-electron chi connectivity index (χ3n) is 5.48. The number of aromatic nitrogens is 2. The van der Waals surface area contributed by atoms with Gasteiger partial charge in [-0.3, -0.25) is 14.5 Å². The lowest BCUT2D eigenvalue weighted by molar-refractivity contribution is -0.133. The van der Waals surface area contributed by atoms with Gasteiger partial charge in [0.1, 0.15) is 11.5 Å². The molecule has 1 saturated heterocycles. The molecule has 1 fully saturated rings. The van der Waals surface area contributed by atoms with Crippen LogP contribution in [-0.4, -0.2) is 71.6 Å². The number of hydrogen-bond acceptors (Lipinski definition) is 8. The van der Waals surface area contributed by atoms with Crippen LogP contribution in [0.15, 0.2) is 57.7 Å². The van der Waals surface area contributed by atoms with E-state index in [-0.39, 0.29) is 24.8 Å². The zero-order chi connectivity index (χ0) is 23.8. The van der Waals surface area contributed by atoms with Crippen molar-refractivity contribution in [2.24, 2.45) is 0 Å². The second kappa shape index (κ2) is 11.3. The van der Waals surface area contributed by atoms with E-state index in [1.165, 1.54) is 12.3 Å². The van der Waals surface area contributed by atoms with E-state index in [1.807, 2.05) is 29.2 Å². The summed E-state index contributed by atoms with van der Waals surface area (Å²) in [5.74, 6) is 2.20. The highest BCUT2D eigenvalue weighted by Crippen LogP contribution is 2.20. The molecule has 34 heavy (non-hydrogen) atoms. The highest BCUT2D eigenvalue weighted by molar-refractivity contribution is 5.91. The van der Waals surface area contributed by atoms with Crippen molar-refractivity contribution < 1.29 is 23.3 Å². The van der Waals surface area contributed by atoms with Gasteiger partial charge in [-0.2, -0.15) is 4.98 Å². The number of hydrogen-bond donors (Lipinski definition) is 1. The Labute approximate surface area is 197 Å². The number of carbonyl (C=O) groups excluding carboxylic acids is 2. The molecule has 2 amide bonds. The maximum absolute atomic E-state index is 12.5. The van der Waals surface area contributed by atoms with E-state index in [4.69, 9.17) is 13.7 Å². The standard InChI is InChI=1S/C24H27N5O5/c1-32-19-6-4-18(5-7-19)24-26-22(34-27-24)17-28-12-14-29(15-13-28)23(31)10-11-25-21(30)9-8-20-3-2-16-33-20/h2-9,16H,10-15,17H2,1H3,(H,25,30)/b9-8+. The zero-order valence-electron chi connectivity index (χ0n) is 19.0. The monoisotopic (exact) mass is 465 g/mol. The lowest BCUT2D eigenvalue weighted by Gasteiger charge is -2.34. The van der Waals surface area contributed by atoms with E-state index in [1.54, 1.807) is 25.3 Å². The largest absolute Gasteiger partial charge is 0.497 e. The molecule has 3 heterocycles. The van der Waals surface area contributed by atoms with Crippen LogP contribution in [0, 0.1) is 0 Å². The van der Waals surface area contributed by atoms with Crippen molar-refractivity contribution >= 4 is 17.9 Å². The van der Waals surface area contributed by atoms with Gasteiger partial charge in [0.2, 0.25) is 23.5 Å². The number of ether oxygens (including phenoxy) is 1. The van der Waals surface area contributed by atoms with Gasteiger partial charge in [-0.25, -0.2) is 0 Å². The minimum atomic E-state index is -0.261. The molecule has 0 atom stereocenters. The Kier molecular flexibility index (Phi) is 7.71. The number of nitrogens with zero attached hydrogens (tertiary/aromatic N) is 4. The highest BCUT2D eigenvalue weighted by atomic mass is 16.5. The topological polar surface area (TPSA) is 114 Å². The van der Waals surface area contributed by atoms with Crippen LogP contribution in [0.2, 0.25) is 0 Å². The third kappa shape index (κ3) is 6.32. The minimum Gasteiger partial charge on any atom is -0.497 e. The lowest BCUT2D eigenvalue weighted by Crippen LogP contribution is -2.48. The molecular formula is C24H27N5O5. The van der Waals surface area contributed by atoms with Crippen LogP contribution in [0.4, 0.5) is 0 Å². The maximum atomic E-state index is 12.5. The Morgan fingerprint density at radius 3 is 2.65 bits per heavy atom. The second-order valence-corrected chi connectivity index (χ2v) is 7.79. The van der Waals surface area contributed by atoms with Crippen LogP contribution < -0.4 is 10.1 Å². The molecule has 0 saturated carbocycles. The maximum Gasteiger partial charge on any atom is 0.244 e. The summed E-state index contributed by atoms with van der Waals surface area (Å²) in [5, 5.41) is 6.78. The number of nitrogens with one attached hydrogen (secondary N) is 1. The smallest absolute Gasteiger partial charge is 0.244 e. The van der Waals surface area contributed by atoms with Crippen LogP contribution in [0.3, 0.4) is 0 Å². The SMILES string of the molecule is COc1ccc(-c2noc(CN3CCN(C(=O)CCNC(=O)/C=C/c4ccco4)CC3)n2)cc1. The van der Waals surface area contributed by atoms with Gasteiger partial charge in [0, 0.05) is 50.8 Å². The van der Waals surface area contributed by atoms with Crippen molar-refractivity contribution in [2.75, 3.05) is 39.8 Å². The van der Waals surface area contributed by atoms with Crippen molar-refractivity contribution in [2.45, 2.75) is 13.0 Å². The molecular weight excluding hydrogens is 438 g/mol. The van der Waals surface area contributed by atoms with E-state index in [0.29, 0.717) is 50.2 Å². The minimum absolute atomic E-state index is 0.0227. The number of benzene rings is 1. The van der Waals surface area contributed by atoms with Gasteiger partial charge in [-0.1, -0.05) is 5.16 Å². The predicted molar refractivity (Wildman–Crippen MR) is 124 cm³/mol. The molecule has 0 radical (unpaired) electrons. The molecule has 1 aliphatic rings. The Balaban J connectivity index is 1.16. The van der Waals surface area contributed by atoms with Crippen LogP contribution in [0.1, 0.15) is 18.1 Å². The van der Waals surface area contributed by atoms with Gasteiger partial charge in [-0.15, -0.1) is 0 Å². The molecule has 10 heteroatoms. The van der Waals surface area contributed by atoms with Gasteiger partial charge in [-0.05, 0) is 42.5 Å². The Morgan fingerprint density at radius 1 is 1.15 bits per heavy atom. The van der Waals surface area contributed by atoms with Gasteiger partial charge in [0.05, 0.1) is 19.9 Å². The number of carbonyl (C=O) groups is 2. The Bertz CT molecular complexity index is 1100. The Morgan fingerprint density at radius 2 is 1.94 bits per heavy atom. The molecule has 0 spiro atoms. The summed E-state index contributed by atoms with van der Waals surface area (Å²) in [6.07, 6.45) is 4.77. The summed E-state index contributed by atoms with van der Waals surface area (Å²) in [7, 11) is 1.62. The van der Waals surface area contributed by atoms with E-state index < -0.39 is 0 Å². The first-order chi connectivity index (χ1) is 16.6. The molecule has 1 N–H and O–H groups in total. The van der Waals surface area contributed by atoms with E-state index in [2.05, 4.69) is 20.4 Å². The fourth-order valence-corrected chi connectivity index (χ4v) is 3.58. The second-order valence-electron chi connectivity index (χ2n) is 7.79. The predicted octanol–water partition coefficient (Wildman–Crippen LogP) is 2.20. The molecule has 1 aliphatic heterocycles. The number of rotatable bonds is 9. The molecule has 0 bridgehead atoms. The highest BCUT2D eigenvalue weighted by Gasteiger charge is 2.22. The molecule has 4 rings (SSSR count). The average Bonchev–Trinajstić information content (AvgIpc) is 3.56. The quantitative estimate of drug-likeness (QED) is 0.479. The van der Waals surface area contributed by atoms with Crippen molar-refractivity contribution in [3.05, 3.63) is 60.4 Å². The van der Waals surface area contributed by atoms with Crippen molar-refractivity contribution in [3.63, 3.8) is 0 Å². The summed E-state index contributed by atoms with van der Waals surface area (Å²) in [5.41, 5.74) is 0.856.